The number of fused-ring (bicyclic) bond motifs is 3. The number of benzene rings is 2. The molecule has 1 aliphatic carbocycles. The Morgan fingerprint density at radius 3 is 2.76 bits per heavy atom. The highest BCUT2D eigenvalue weighted by atomic mass is 35.5. The van der Waals surface area contributed by atoms with Crippen LogP contribution in [0.2, 0.25) is 5.02 Å². The van der Waals surface area contributed by atoms with Gasteiger partial charge in [0.2, 0.25) is 0 Å². The summed E-state index contributed by atoms with van der Waals surface area (Å²) < 4.78 is 53.1. The van der Waals surface area contributed by atoms with Crippen molar-refractivity contribution in [3.05, 3.63) is 64.7 Å². The van der Waals surface area contributed by atoms with E-state index in [4.69, 9.17) is 30.5 Å². The van der Waals surface area contributed by atoms with Crippen LogP contribution in [0.4, 0.5) is 10.5 Å². The maximum atomic E-state index is 13.6. The largest absolute Gasteiger partial charge is 0.490 e. The van der Waals surface area contributed by atoms with Crippen molar-refractivity contribution in [2.45, 2.75) is 87.4 Å². The van der Waals surface area contributed by atoms with Crippen LogP contribution in [0.5, 0.6) is 5.75 Å². The summed E-state index contributed by atoms with van der Waals surface area (Å²) in [6.45, 7) is 7.55. The molecule has 3 atom stereocenters. The van der Waals surface area contributed by atoms with Gasteiger partial charge in [-0.3, -0.25) is 4.79 Å². The van der Waals surface area contributed by atoms with Crippen molar-refractivity contribution >= 4 is 39.3 Å². The van der Waals surface area contributed by atoms with Crippen molar-refractivity contribution in [2.75, 3.05) is 44.4 Å². The van der Waals surface area contributed by atoms with Crippen LogP contribution in [-0.2, 0) is 40.9 Å². The Kier molecular flexibility index (Phi) is 10.5. The van der Waals surface area contributed by atoms with Gasteiger partial charge in [0.25, 0.3) is 15.9 Å². The van der Waals surface area contributed by atoms with Gasteiger partial charge < -0.3 is 29.2 Å². The lowest BCUT2D eigenvalue weighted by Crippen LogP contribution is -2.49. The Morgan fingerprint density at radius 2 is 2.00 bits per heavy atom. The second-order valence-corrected chi connectivity index (χ2v) is 16.2. The van der Waals surface area contributed by atoms with Crippen LogP contribution in [0.15, 0.2) is 53.4 Å². The third-order valence-electron chi connectivity index (χ3n) is 10.1. The average molecular weight is 716 g/mol. The van der Waals surface area contributed by atoms with Gasteiger partial charge in [-0.15, -0.1) is 0 Å². The molecule has 2 aromatic carbocycles. The molecule has 2 amide bonds. The summed E-state index contributed by atoms with van der Waals surface area (Å²) in [6, 6.07) is 10.7. The highest BCUT2D eigenvalue weighted by Crippen LogP contribution is 2.45. The van der Waals surface area contributed by atoms with E-state index in [1.807, 2.05) is 18.2 Å². The number of hydrogen-bond acceptors (Lipinski definition) is 9. The molecule has 6 rings (SSSR count). The van der Waals surface area contributed by atoms with Gasteiger partial charge in [-0.25, -0.2) is 17.9 Å². The number of rotatable bonds is 4. The fourth-order valence-corrected chi connectivity index (χ4v) is 8.53. The number of ether oxygens (including phenoxy) is 4. The number of nitrogens with zero attached hydrogens (tertiary/aromatic N) is 1. The molecule has 3 heterocycles. The average Bonchev–Trinajstić information content (AvgIpc) is 3.18. The first-order valence-electron chi connectivity index (χ1n) is 17.1. The molecule has 2 N–H and O–H groups in total. The molecule has 2 aromatic rings. The van der Waals surface area contributed by atoms with E-state index in [0.29, 0.717) is 55.8 Å². The second kappa shape index (κ2) is 14.5. The topological polar surface area (TPSA) is 132 Å². The summed E-state index contributed by atoms with van der Waals surface area (Å²) in [7, 11) is -4.25. The number of amides is 2. The zero-order valence-electron chi connectivity index (χ0n) is 28.3. The summed E-state index contributed by atoms with van der Waals surface area (Å²) in [6.07, 6.45) is 7.51. The van der Waals surface area contributed by atoms with Gasteiger partial charge in [-0.1, -0.05) is 37.1 Å². The quantitative estimate of drug-likeness (QED) is 0.406. The fraction of sp³-hybridized carbons (Fsp3) is 0.556. The summed E-state index contributed by atoms with van der Waals surface area (Å²) in [5.74, 6) is -0.303. The Balaban J connectivity index is 1.40. The first-order chi connectivity index (χ1) is 23.4. The lowest BCUT2D eigenvalue weighted by Gasteiger charge is -2.41. The minimum Gasteiger partial charge on any atom is -0.490 e. The van der Waals surface area contributed by atoms with Gasteiger partial charge in [-0.2, -0.15) is 0 Å². The number of alkyl carbamates (subject to hydrolysis) is 1. The molecule has 0 unspecified atom stereocenters. The summed E-state index contributed by atoms with van der Waals surface area (Å²) >= 11 is 6.42. The van der Waals surface area contributed by atoms with Crippen LogP contribution in [0.1, 0.15) is 64.0 Å². The molecule has 0 saturated carbocycles. The molecule has 4 aliphatic rings. The Bertz CT molecular complexity index is 1690. The molecule has 49 heavy (non-hydrogen) atoms. The number of nitrogens with one attached hydrogen (secondary N) is 2. The van der Waals surface area contributed by atoms with E-state index in [2.05, 4.69) is 27.9 Å². The van der Waals surface area contributed by atoms with Crippen molar-refractivity contribution < 1.29 is 37.0 Å². The van der Waals surface area contributed by atoms with E-state index in [9.17, 15) is 18.0 Å². The molecule has 266 valence electrons. The summed E-state index contributed by atoms with van der Waals surface area (Å²) in [5, 5.41) is 3.57. The van der Waals surface area contributed by atoms with Gasteiger partial charge in [0.15, 0.2) is 0 Å². The van der Waals surface area contributed by atoms with Crippen LogP contribution >= 0.6 is 11.6 Å². The molecule has 13 heteroatoms. The van der Waals surface area contributed by atoms with Crippen molar-refractivity contribution in [2.24, 2.45) is 5.92 Å². The number of aryl methyl sites for hydroxylation is 1. The third kappa shape index (κ3) is 7.87. The highest BCUT2D eigenvalue weighted by molar-refractivity contribution is 7.90. The number of hydrogen-bond donors (Lipinski definition) is 2. The molecular weight excluding hydrogens is 670 g/mol. The smallest absolute Gasteiger partial charge is 0.408 e. The zero-order chi connectivity index (χ0) is 34.8. The standard InChI is InChI=1S/C36H46ClN3O8S/c1-4-7-24-14-16-40-22-36(15-5-8-25-18-26(37)10-12-29(25)36)23-46-32-13-11-28(19-30(32)40)49(43,44)39-33(41)35(2,3)47-17-6-9-31(24)48-34(42)38-27-20-45-21-27/h6,9-13,18-19,24,27,31H,4-5,7-8,14-17,20-23H2,1-3H3,(H,38,42)(H,39,41)/b9-6+/t24-,31+,36+/m1/s1. The van der Waals surface area contributed by atoms with E-state index in [-0.39, 0.29) is 28.9 Å². The van der Waals surface area contributed by atoms with Gasteiger partial charge in [0.05, 0.1) is 43.1 Å². The number of sulfonamides is 1. The number of carbonyl (C=O) groups is 2. The van der Waals surface area contributed by atoms with Gasteiger partial charge >= 0.3 is 6.09 Å². The van der Waals surface area contributed by atoms with E-state index in [1.165, 1.54) is 31.0 Å². The third-order valence-corrected chi connectivity index (χ3v) is 11.6. The van der Waals surface area contributed by atoms with Gasteiger partial charge in [0.1, 0.15) is 17.5 Å². The first-order valence-corrected chi connectivity index (χ1v) is 19.0. The molecule has 11 nitrogen and oxygen atoms in total. The number of halogens is 1. The van der Waals surface area contributed by atoms with Crippen LogP contribution in [0.3, 0.4) is 0 Å². The fourth-order valence-electron chi connectivity index (χ4n) is 7.21. The SMILES string of the molecule is CCC[C@@H]1CCN2C[C@@]3(CCCc4cc(Cl)ccc43)COc3ccc(cc32)S(=O)(=O)NC(=O)C(C)(C)OC/C=C/[C@@H]1OC(=O)NC1COC1. The lowest BCUT2D eigenvalue weighted by molar-refractivity contribution is -0.139. The summed E-state index contributed by atoms with van der Waals surface area (Å²) in [4.78, 5) is 28.4. The van der Waals surface area contributed by atoms with Gasteiger partial charge in [-0.05, 0) is 93.5 Å². The van der Waals surface area contributed by atoms with Crippen LogP contribution in [0.25, 0.3) is 0 Å². The Hall–Kier alpha value is -3.32. The zero-order valence-corrected chi connectivity index (χ0v) is 29.9. The molecule has 0 radical (unpaired) electrons. The molecule has 1 spiro atoms. The normalized spacial score (nSPS) is 27.4. The summed E-state index contributed by atoms with van der Waals surface area (Å²) in [5.41, 5.74) is 1.18. The van der Waals surface area contributed by atoms with E-state index in [0.717, 1.165) is 32.1 Å². The van der Waals surface area contributed by atoms with Crippen LogP contribution in [0, 0.1) is 5.92 Å². The van der Waals surface area contributed by atoms with Crippen molar-refractivity contribution in [1.82, 2.24) is 10.0 Å². The van der Waals surface area contributed by atoms with E-state index in [1.54, 1.807) is 18.2 Å². The predicted octanol–water partition coefficient (Wildman–Crippen LogP) is 5.28. The number of anilines is 1. The van der Waals surface area contributed by atoms with Crippen molar-refractivity contribution in [3.63, 3.8) is 0 Å². The molecule has 0 aromatic heterocycles. The van der Waals surface area contributed by atoms with Gasteiger partial charge in [0, 0.05) is 29.4 Å². The van der Waals surface area contributed by atoms with E-state index >= 15 is 0 Å². The maximum absolute atomic E-state index is 13.6. The molecule has 2 bridgehead atoms. The second-order valence-electron chi connectivity index (χ2n) is 14.0. The molecule has 1 fully saturated rings. The molecular formula is C36H46ClN3O8S. The Labute approximate surface area is 293 Å². The highest BCUT2D eigenvalue weighted by Gasteiger charge is 2.42. The number of carbonyl (C=O) groups excluding carboxylic acids is 2. The predicted molar refractivity (Wildman–Crippen MR) is 186 cm³/mol. The first kappa shape index (κ1) is 35.5. The van der Waals surface area contributed by atoms with Crippen LogP contribution < -0.4 is 19.7 Å². The molecule has 1 saturated heterocycles. The van der Waals surface area contributed by atoms with Crippen LogP contribution in [-0.4, -0.2) is 77.7 Å². The van der Waals surface area contributed by atoms with Crippen molar-refractivity contribution in [1.29, 1.82) is 0 Å². The van der Waals surface area contributed by atoms with Crippen molar-refractivity contribution in [3.8, 4) is 5.75 Å². The minimum atomic E-state index is -4.25. The van der Waals surface area contributed by atoms with E-state index < -0.39 is 33.7 Å². The Morgan fingerprint density at radius 1 is 1.18 bits per heavy atom. The lowest BCUT2D eigenvalue weighted by atomic mass is 9.70. The molecule has 3 aliphatic heterocycles. The maximum Gasteiger partial charge on any atom is 0.408 e. The monoisotopic (exact) mass is 715 g/mol. The minimum absolute atomic E-state index is 0.00547.